The van der Waals surface area contributed by atoms with E-state index in [1.807, 2.05) is 0 Å². The van der Waals surface area contributed by atoms with Gasteiger partial charge in [0.2, 0.25) is 0 Å². The average molecular weight is 556 g/mol. The van der Waals surface area contributed by atoms with Crippen LogP contribution in [0.15, 0.2) is 146 Å². The van der Waals surface area contributed by atoms with E-state index in [4.69, 9.17) is 0 Å². The third kappa shape index (κ3) is 5.76. The predicted octanol–water partition coefficient (Wildman–Crippen LogP) is 10.2. The molecule has 0 aliphatic rings. The maximum atomic E-state index is 2.53. The van der Waals surface area contributed by atoms with E-state index >= 15 is 0 Å². The molecule has 1 heteroatoms. The Morgan fingerprint density at radius 1 is 0.372 bits per heavy atom. The molecule has 0 N–H and O–H groups in total. The Balaban J connectivity index is 1.43. The minimum Gasteiger partial charge on any atom is -0.341 e. The normalized spacial score (nSPS) is 11.4. The molecule has 43 heavy (non-hydrogen) atoms. The van der Waals surface area contributed by atoms with Crippen LogP contribution in [-0.4, -0.2) is 4.57 Å². The lowest BCUT2D eigenvalue weighted by Crippen LogP contribution is -2.00. The maximum absolute atomic E-state index is 2.53. The molecular weight excluding hydrogens is 518 g/mol. The fourth-order valence-corrected chi connectivity index (χ4v) is 6.62. The van der Waals surface area contributed by atoms with Crippen molar-refractivity contribution in [3.05, 3.63) is 190 Å². The predicted molar refractivity (Wildman–Crippen MR) is 182 cm³/mol. The van der Waals surface area contributed by atoms with Crippen LogP contribution < -0.4 is 0 Å². The molecule has 0 fully saturated rings. The second-order valence-corrected chi connectivity index (χ2v) is 11.7. The zero-order valence-corrected chi connectivity index (χ0v) is 24.8. The largest absolute Gasteiger partial charge is 0.341 e. The summed E-state index contributed by atoms with van der Waals surface area (Å²) in [6.45, 7) is 3.22. The van der Waals surface area contributed by atoms with Gasteiger partial charge in [-0.15, -0.1) is 0 Å². The van der Waals surface area contributed by atoms with Crippen LogP contribution in [0.5, 0.6) is 0 Å². The van der Waals surface area contributed by atoms with Crippen LogP contribution in [0.1, 0.15) is 51.4 Å². The number of aryl methyl sites for hydroxylation is 1. The van der Waals surface area contributed by atoms with E-state index in [0.717, 1.165) is 32.2 Å². The molecule has 1 nitrogen and oxygen atoms in total. The van der Waals surface area contributed by atoms with Gasteiger partial charge in [0.05, 0.1) is 0 Å². The fraction of sp³-hybridized carbons (Fsp3) is 0.143. The number of aromatic nitrogens is 1. The molecule has 1 heterocycles. The highest BCUT2D eigenvalue weighted by Gasteiger charge is 2.17. The van der Waals surface area contributed by atoms with Crippen LogP contribution in [0.2, 0.25) is 0 Å². The summed E-state index contributed by atoms with van der Waals surface area (Å²) in [7, 11) is 0. The van der Waals surface area contributed by atoms with Gasteiger partial charge in [0, 0.05) is 28.4 Å². The van der Waals surface area contributed by atoms with Crippen LogP contribution in [0.4, 0.5) is 0 Å². The Kier molecular flexibility index (Phi) is 7.63. The Labute approximate surface area is 255 Å². The number of benzene rings is 6. The lowest BCUT2D eigenvalue weighted by molar-refractivity contribution is 0.825. The fourth-order valence-electron chi connectivity index (χ4n) is 6.62. The van der Waals surface area contributed by atoms with Crippen LogP contribution in [0.25, 0.3) is 21.8 Å². The molecule has 1 aromatic heterocycles. The van der Waals surface area contributed by atoms with Gasteiger partial charge in [0.25, 0.3) is 0 Å². The molecule has 0 unspecified atom stereocenters. The van der Waals surface area contributed by atoms with Crippen molar-refractivity contribution in [3.63, 3.8) is 0 Å². The molecule has 0 bridgehead atoms. The van der Waals surface area contributed by atoms with E-state index in [1.54, 1.807) is 0 Å². The molecule has 0 spiro atoms. The van der Waals surface area contributed by atoms with Crippen LogP contribution in [0.3, 0.4) is 0 Å². The first-order chi connectivity index (χ1) is 21.2. The van der Waals surface area contributed by atoms with Crippen molar-refractivity contribution in [2.45, 2.75) is 39.2 Å². The molecule has 7 aromatic rings. The van der Waals surface area contributed by atoms with Gasteiger partial charge in [0.1, 0.15) is 0 Å². The van der Waals surface area contributed by atoms with Crippen molar-refractivity contribution in [1.29, 1.82) is 0 Å². The highest BCUT2D eigenvalue weighted by Crippen LogP contribution is 2.36. The van der Waals surface area contributed by atoms with Gasteiger partial charge in [-0.25, -0.2) is 0 Å². The lowest BCUT2D eigenvalue weighted by Gasteiger charge is -2.13. The van der Waals surface area contributed by atoms with E-state index in [1.165, 1.54) is 66.3 Å². The number of hydrogen-bond acceptors (Lipinski definition) is 0. The smallest absolute Gasteiger partial charge is 0.0494 e. The molecule has 6 aromatic carbocycles. The minimum absolute atomic E-state index is 0.931. The van der Waals surface area contributed by atoms with E-state index in [9.17, 15) is 0 Å². The Morgan fingerprint density at radius 3 is 0.930 bits per heavy atom. The standard InChI is InChI=1S/C42H37N/c1-2-43-41-29-37(25-33-19-11-5-12-20-33)35(23-31-15-7-3-8-16-31)27-39(41)40-28-36(24-32-17-9-4-10-18-32)38(30-42(40)43)26-34-21-13-6-14-22-34/h3-22,27-30H,2,23-26H2,1H3. The topological polar surface area (TPSA) is 4.93 Å². The van der Waals surface area contributed by atoms with Gasteiger partial charge < -0.3 is 4.57 Å². The number of hydrogen-bond donors (Lipinski definition) is 0. The van der Waals surface area contributed by atoms with Crippen molar-refractivity contribution in [2.24, 2.45) is 0 Å². The molecule has 0 aliphatic carbocycles. The zero-order chi connectivity index (χ0) is 29.0. The summed E-state index contributed by atoms with van der Waals surface area (Å²) >= 11 is 0. The monoisotopic (exact) mass is 555 g/mol. The summed E-state index contributed by atoms with van der Waals surface area (Å²) in [5.41, 5.74) is 13.7. The number of nitrogens with zero attached hydrogens (tertiary/aromatic N) is 1. The van der Waals surface area contributed by atoms with Crippen LogP contribution in [-0.2, 0) is 32.2 Å². The highest BCUT2D eigenvalue weighted by molar-refractivity contribution is 6.09. The molecule has 0 saturated carbocycles. The summed E-state index contributed by atoms with van der Waals surface area (Å²) in [5.74, 6) is 0. The van der Waals surface area contributed by atoms with E-state index in [-0.39, 0.29) is 0 Å². The SMILES string of the molecule is CCn1c2cc(Cc3ccccc3)c(Cc3ccccc3)cc2c2cc(Cc3ccccc3)c(Cc3ccccc3)cc21. The molecule has 210 valence electrons. The van der Waals surface area contributed by atoms with Gasteiger partial charge in [0.15, 0.2) is 0 Å². The molecule has 0 saturated heterocycles. The first-order valence-corrected chi connectivity index (χ1v) is 15.5. The quantitative estimate of drug-likeness (QED) is 0.167. The van der Waals surface area contributed by atoms with Crippen molar-refractivity contribution in [2.75, 3.05) is 0 Å². The van der Waals surface area contributed by atoms with Crippen LogP contribution >= 0.6 is 0 Å². The van der Waals surface area contributed by atoms with Crippen molar-refractivity contribution in [1.82, 2.24) is 4.57 Å². The average Bonchev–Trinajstić information content (AvgIpc) is 3.34. The van der Waals surface area contributed by atoms with E-state index in [0.29, 0.717) is 0 Å². The summed E-state index contributed by atoms with van der Waals surface area (Å²) in [5, 5.41) is 2.72. The third-order valence-electron chi connectivity index (χ3n) is 8.77. The molecule has 0 radical (unpaired) electrons. The van der Waals surface area contributed by atoms with Gasteiger partial charge in [-0.3, -0.25) is 0 Å². The molecule has 0 amide bonds. The minimum atomic E-state index is 0.931. The summed E-state index contributed by atoms with van der Waals surface area (Å²) in [6.07, 6.45) is 3.73. The zero-order valence-electron chi connectivity index (χ0n) is 24.8. The molecule has 0 aliphatic heterocycles. The van der Waals surface area contributed by atoms with Crippen molar-refractivity contribution in [3.8, 4) is 0 Å². The second kappa shape index (κ2) is 12.2. The molecule has 7 rings (SSSR count). The summed E-state index contributed by atoms with van der Waals surface area (Å²) in [6, 6.07) is 53.6. The Bertz CT molecular complexity index is 1820. The highest BCUT2D eigenvalue weighted by atomic mass is 15.0. The number of fused-ring (bicyclic) bond motifs is 3. The van der Waals surface area contributed by atoms with Crippen LogP contribution in [0, 0.1) is 0 Å². The number of rotatable bonds is 9. The first-order valence-electron chi connectivity index (χ1n) is 15.5. The van der Waals surface area contributed by atoms with Crippen molar-refractivity contribution >= 4 is 21.8 Å². The van der Waals surface area contributed by atoms with Crippen molar-refractivity contribution < 1.29 is 0 Å². The first kappa shape index (κ1) is 27.0. The Morgan fingerprint density at radius 2 is 0.651 bits per heavy atom. The maximum Gasteiger partial charge on any atom is 0.0494 e. The summed E-state index contributed by atoms with van der Waals surface area (Å²) < 4.78 is 2.53. The second-order valence-electron chi connectivity index (χ2n) is 11.7. The Hall–Kier alpha value is -4.88. The van der Waals surface area contributed by atoms with Gasteiger partial charge in [-0.1, -0.05) is 121 Å². The molecule has 0 atom stereocenters. The van der Waals surface area contributed by atoms with Gasteiger partial charge >= 0.3 is 0 Å². The van der Waals surface area contributed by atoms with E-state index < -0.39 is 0 Å². The lowest BCUT2D eigenvalue weighted by atomic mass is 9.91. The third-order valence-corrected chi connectivity index (χ3v) is 8.77. The molecular formula is C42H37N. The van der Waals surface area contributed by atoms with Gasteiger partial charge in [-0.2, -0.15) is 0 Å². The van der Waals surface area contributed by atoms with Gasteiger partial charge in [-0.05, 0) is 101 Å². The van der Waals surface area contributed by atoms with E-state index in [2.05, 4.69) is 157 Å². The summed E-state index contributed by atoms with van der Waals surface area (Å²) in [4.78, 5) is 0.